The van der Waals surface area contributed by atoms with Crippen LogP contribution in [0.2, 0.25) is 0 Å². The van der Waals surface area contributed by atoms with Crippen molar-refractivity contribution >= 4 is 40.5 Å². The number of fused-ring (bicyclic) bond motifs is 1. The summed E-state index contributed by atoms with van der Waals surface area (Å²) in [6.07, 6.45) is 1.23. The number of nitrogens with two attached hydrogens (primary N) is 2. The number of hydrogen-bond acceptors (Lipinski definition) is 7. The van der Waals surface area contributed by atoms with Crippen LogP contribution in [0, 0.1) is 0 Å². The number of H-pyrrole nitrogens is 1. The lowest BCUT2D eigenvalue weighted by Crippen LogP contribution is -2.58. The first-order chi connectivity index (χ1) is 19.6. The van der Waals surface area contributed by atoms with Crippen molar-refractivity contribution in [1.29, 1.82) is 0 Å². The van der Waals surface area contributed by atoms with Crippen LogP contribution >= 0.6 is 0 Å². The number of carbonyl (C=O) groups excluding carboxylic acids is 4. The van der Waals surface area contributed by atoms with Gasteiger partial charge in [-0.1, -0.05) is 48.5 Å². The minimum Gasteiger partial charge on any atom is -0.480 e. The van der Waals surface area contributed by atoms with Crippen molar-refractivity contribution in [3.05, 3.63) is 71.9 Å². The van der Waals surface area contributed by atoms with Crippen LogP contribution in [0.25, 0.3) is 10.9 Å². The largest absolute Gasteiger partial charge is 0.480 e. The highest BCUT2D eigenvalue weighted by atomic mass is 16.4. The fraction of sp³-hybridized carbons (Fsp3) is 0.321. The van der Waals surface area contributed by atoms with Gasteiger partial charge in [-0.25, -0.2) is 4.79 Å². The van der Waals surface area contributed by atoms with E-state index in [2.05, 4.69) is 20.9 Å². The Labute approximate surface area is 235 Å². The minimum atomic E-state index is -1.46. The number of nitrogens with one attached hydrogen (secondary N) is 4. The van der Waals surface area contributed by atoms with Crippen molar-refractivity contribution in [1.82, 2.24) is 20.9 Å². The zero-order chi connectivity index (χ0) is 29.9. The number of benzene rings is 2. The zero-order valence-corrected chi connectivity index (χ0v) is 22.2. The maximum atomic E-state index is 13.1. The van der Waals surface area contributed by atoms with Gasteiger partial charge in [0, 0.05) is 29.9 Å². The van der Waals surface area contributed by atoms with Gasteiger partial charge in [-0.2, -0.15) is 0 Å². The van der Waals surface area contributed by atoms with E-state index in [4.69, 9.17) is 11.5 Å². The van der Waals surface area contributed by atoms with Gasteiger partial charge < -0.3 is 42.6 Å². The molecule has 10 N–H and O–H groups in total. The number of carboxylic acid groups (broad SMARTS) is 1. The number of aromatic nitrogens is 1. The second-order valence-electron chi connectivity index (χ2n) is 9.57. The Bertz CT molecular complexity index is 1380. The number of primary amides is 1. The van der Waals surface area contributed by atoms with Crippen LogP contribution in [0.1, 0.15) is 24.0 Å². The SMILES string of the molecule is NC(=O)CCC(NC(=O)C(CO)NC(=O)C(N)Cc1ccccc1)C(=O)NC(Cc1c[nH]c2ccccc12)C(=O)O. The lowest BCUT2D eigenvalue weighted by atomic mass is 10.0. The van der Waals surface area contributed by atoms with Crippen LogP contribution in [-0.2, 0) is 36.8 Å². The van der Waals surface area contributed by atoms with Gasteiger partial charge in [0.1, 0.15) is 18.1 Å². The van der Waals surface area contributed by atoms with Gasteiger partial charge in [0.2, 0.25) is 23.6 Å². The zero-order valence-electron chi connectivity index (χ0n) is 22.2. The van der Waals surface area contributed by atoms with Crippen molar-refractivity contribution in [2.45, 2.75) is 49.9 Å². The van der Waals surface area contributed by atoms with Gasteiger partial charge in [0.25, 0.3) is 0 Å². The van der Waals surface area contributed by atoms with Gasteiger partial charge in [0.15, 0.2) is 0 Å². The van der Waals surface area contributed by atoms with E-state index in [0.29, 0.717) is 5.56 Å². The Morgan fingerprint density at radius 3 is 2.07 bits per heavy atom. The van der Waals surface area contributed by atoms with Crippen molar-refractivity contribution in [2.75, 3.05) is 6.61 Å². The first-order valence-electron chi connectivity index (χ1n) is 13.0. The summed E-state index contributed by atoms with van der Waals surface area (Å²) < 4.78 is 0. The van der Waals surface area contributed by atoms with E-state index in [9.17, 15) is 34.2 Å². The molecule has 0 aliphatic carbocycles. The van der Waals surface area contributed by atoms with Crippen LogP contribution in [0.4, 0.5) is 0 Å². The Kier molecular flexibility index (Phi) is 11.0. The highest BCUT2D eigenvalue weighted by Gasteiger charge is 2.30. The number of para-hydroxylation sites is 1. The van der Waals surface area contributed by atoms with E-state index in [-0.39, 0.29) is 25.7 Å². The van der Waals surface area contributed by atoms with Crippen molar-refractivity contribution in [2.24, 2.45) is 11.5 Å². The lowest BCUT2D eigenvalue weighted by molar-refractivity contribution is -0.142. The Morgan fingerprint density at radius 2 is 1.41 bits per heavy atom. The summed E-state index contributed by atoms with van der Waals surface area (Å²) in [5, 5.41) is 27.5. The summed E-state index contributed by atoms with van der Waals surface area (Å²) in [6, 6.07) is 11.0. The van der Waals surface area contributed by atoms with Gasteiger partial charge in [0.05, 0.1) is 12.6 Å². The average molecular weight is 567 g/mol. The molecule has 0 radical (unpaired) electrons. The molecule has 0 bridgehead atoms. The number of aromatic amines is 1. The molecule has 1 heterocycles. The fourth-order valence-electron chi connectivity index (χ4n) is 4.25. The lowest BCUT2D eigenvalue weighted by Gasteiger charge is -2.24. The molecule has 0 aliphatic rings. The molecular formula is C28H34N6O7. The molecule has 4 atom stereocenters. The molecule has 0 saturated heterocycles. The quantitative estimate of drug-likeness (QED) is 0.114. The summed E-state index contributed by atoms with van der Waals surface area (Å²) in [5.41, 5.74) is 13.4. The number of aliphatic hydroxyl groups is 1. The van der Waals surface area contributed by atoms with Crippen LogP contribution in [-0.4, -0.2) is 75.6 Å². The molecule has 3 rings (SSSR count). The molecule has 2 aromatic carbocycles. The third-order valence-electron chi connectivity index (χ3n) is 6.48. The molecule has 13 heteroatoms. The maximum absolute atomic E-state index is 13.1. The molecule has 0 aliphatic heterocycles. The smallest absolute Gasteiger partial charge is 0.326 e. The first-order valence-corrected chi connectivity index (χ1v) is 13.0. The standard InChI is InChI=1S/C28H34N6O7/c29-19(12-16-6-2-1-3-7-16)25(37)34-23(15-35)27(39)32-21(10-11-24(30)36)26(38)33-22(28(40)41)13-17-14-31-20-9-5-4-8-18(17)20/h1-9,14,19,21-23,31,35H,10-13,15,29H2,(H2,30,36)(H,32,39)(H,33,38)(H,34,37)(H,40,41). The molecule has 1 aromatic heterocycles. The monoisotopic (exact) mass is 566 g/mol. The molecule has 4 unspecified atom stereocenters. The van der Waals surface area contributed by atoms with Crippen molar-refractivity contribution in [3.8, 4) is 0 Å². The van der Waals surface area contributed by atoms with Crippen molar-refractivity contribution < 1.29 is 34.2 Å². The number of aliphatic hydroxyl groups excluding tert-OH is 1. The maximum Gasteiger partial charge on any atom is 0.326 e. The van der Waals surface area contributed by atoms with E-state index >= 15 is 0 Å². The summed E-state index contributed by atoms with van der Waals surface area (Å²) in [7, 11) is 0. The van der Waals surface area contributed by atoms with E-state index in [0.717, 1.165) is 16.5 Å². The highest BCUT2D eigenvalue weighted by Crippen LogP contribution is 2.19. The Balaban J connectivity index is 1.67. The molecule has 41 heavy (non-hydrogen) atoms. The third-order valence-corrected chi connectivity index (χ3v) is 6.48. The summed E-state index contributed by atoms with van der Waals surface area (Å²) in [6.45, 7) is -0.807. The predicted molar refractivity (Wildman–Crippen MR) is 149 cm³/mol. The number of hydrogen-bond donors (Lipinski definition) is 8. The summed E-state index contributed by atoms with van der Waals surface area (Å²) in [4.78, 5) is 65.1. The van der Waals surface area contributed by atoms with Crippen LogP contribution in [0.15, 0.2) is 60.8 Å². The fourth-order valence-corrected chi connectivity index (χ4v) is 4.25. The summed E-state index contributed by atoms with van der Waals surface area (Å²) >= 11 is 0. The van der Waals surface area contributed by atoms with E-state index in [1.165, 1.54) is 0 Å². The Hall–Kier alpha value is -4.75. The molecule has 3 aromatic rings. The molecule has 218 valence electrons. The van der Waals surface area contributed by atoms with E-state index in [1.807, 2.05) is 24.3 Å². The second-order valence-corrected chi connectivity index (χ2v) is 9.57. The number of rotatable bonds is 15. The predicted octanol–water partition coefficient (Wildman–Crippen LogP) is -0.923. The van der Waals surface area contributed by atoms with Crippen LogP contribution in [0.5, 0.6) is 0 Å². The van der Waals surface area contributed by atoms with Gasteiger partial charge in [-0.05, 0) is 30.0 Å². The molecule has 4 amide bonds. The minimum absolute atomic E-state index is 0.0593. The van der Waals surface area contributed by atoms with E-state index in [1.54, 1.807) is 36.5 Å². The summed E-state index contributed by atoms with van der Waals surface area (Å²) in [5.74, 6) is -4.57. The first kappa shape index (κ1) is 30.8. The number of carbonyl (C=O) groups is 5. The topological polar surface area (TPSA) is 230 Å². The molecule has 0 spiro atoms. The van der Waals surface area contributed by atoms with Gasteiger partial charge in [-0.3, -0.25) is 19.2 Å². The molecule has 0 fully saturated rings. The highest BCUT2D eigenvalue weighted by molar-refractivity contribution is 5.94. The average Bonchev–Trinajstić information content (AvgIpc) is 3.36. The molecule has 13 nitrogen and oxygen atoms in total. The normalized spacial score (nSPS) is 13.9. The second kappa shape index (κ2) is 14.6. The van der Waals surface area contributed by atoms with Crippen LogP contribution in [0.3, 0.4) is 0 Å². The molecular weight excluding hydrogens is 532 g/mol. The van der Waals surface area contributed by atoms with E-state index < -0.39 is 60.4 Å². The van der Waals surface area contributed by atoms with Crippen LogP contribution < -0.4 is 27.4 Å². The van der Waals surface area contributed by atoms with Crippen molar-refractivity contribution in [3.63, 3.8) is 0 Å². The third kappa shape index (κ3) is 8.88. The van der Waals surface area contributed by atoms with Gasteiger partial charge >= 0.3 is 5.97 Å². The number of amides is 4. The molecule has 0 saturated carbocycles. The van der Waals surface area contributed by atoms with Gasteiger partial charge in [-0.15, -0.1) is 0 Å². The number of aliphatic carboxylic acids is 1. The number of carboxylic acids is 1. The Morgan fingerprint density at radius 1 is 0.805 bits per heavy atom.